The molecule has 1 heterocycles. The van der Waals surface area contributed by atoms with Crippen LogP contribution in [-0.2, 0) is 0 Å². The fourth-order valence-electron chi connectivity index (χ4n) is 1.08. The van der Waals surface area contributed by atoms with E-state index >= 15 is 0 Å². The van der Waals surface area contributed by atoms with Gasteiger partial charge in [-0.05, 0) is 12.4 Å². The van der Waals surface area contributed by atoms with Gasteiger partial charge in [-0.1, -0.05) is 19.2 Å². The van der Waals surface area contributed by atoms with Gasteiger partial charge in [0, 0.05) is 5.69 Å². The minimum atomic E-state index is 0. The van der Waals surface area contributed by atoms with Crippen molar-refractivity contribution < 1.29 is 58.2 Å². The van der Waals surface area contributed by atoms with Gasteiger partial charge in [-0.15, -0.1) is 0 Å². The quantitative estimate of drug-likeness (QED) is 0.610. The first kappa shape index (κ1) is 14.4. The van der Waals surface area contributed by atoms with Crippen LogP contribution in [0.1, 0.15) is 19.5 Å². The van der Waals surface area contributed by atoms with Crippen LogP contribution in [-0.4, -0.2) is 9.97 Å². The third-order valence-electron chi connectivity index (χ3n) is 1.68. The molecule has 0 saturated heterocycles. The molecule has 0 saturated carbocycles. The van der Waals surface area contributed by atoms with Crippen molar-refractivity contribution >= 4 is 10.9 Å². The van der Waals surface area contributed by atoms with Gasteiger partial charge < -0.3 is 4.98 Å². The van der Waals surface area contributed by atoms with Gasteiger partial charge in [0.15, 0.2) is 0 Å². The fourth-order valence-corrected chi connectivity index (χ4v) is 1.08. The number of benzene rings is 1. The molecule has 0 aliphatic rings. The van der Waals surface area contributed by atoms with E-state index in [0.29, 0.717) is 0 Å². The fraction of sp³-hybridized carbons (Fsp3) is 0.273. The van der Waals surface area contributed by atoms with Crippen molar-refractivity contribution in [1.29, 1.82) is 0 Å². The number of nitrogens with zero attached hydrogens (tertiary/aromatic N) is 2. The van der Waals surface area contributed by atoms with Crippen LogP contribution in [0, 0.1) is 13.0 Å². The first-order valence-corrected chi connectivity index (χ1v) is 4.45. The van der Waals surface area contributed by atoms with E-state index < -0.39 is 0 Å². The monoisotopic (exact) mass is 258 g/mol. The summed E-state index contributed by atoms with van der Waals surface area (Å²) in [4.78, 5) is 8.18. The number of aryl methyl sites for hydroxylation is 1. The first-order chi connectivity index (χ1) is 6.38. The van der Waals surface area contributed by atoms with Crippen LogP contribution in [0.3, 0.4) is 0 Å². The van der Waals surface area contributed by atoms with E-state index in [1.54, 1.807) is 6.33 Å². The molecule has 68 valence electrons. The van der Waals surface area contributed by atoms with Crippen molar-refractivity contribution in [1.82, 2.24) is 9.97 Å². The van der Waals surface area contributed by atoms with Crippen molar-refractivity contribution in [3.8, 4) is 0 Å². The van der Waals surface area contributed by atoms with Gasteiger partial charge in [0.05, 0.1) is 0 Å². The van der Waals surface area contributed by atoms with E-state index in [1.807, 2.05) is 39.0 Å². The molecular weight excluding hydrogens is 246 g/mol. The van der Waals surface area contributed by atoms with Crippen LogP contribution >= 0.6 is 0 Å². The maximum atomic E-state index is 4.10. The summed E-state index contributed by atoms with van der Waals surface area (Å²) in [5.41, 5.74) is 1.98. The minimum absolute atomic E-state index is 0. The van der Waals surface area contributed by atoms with Crippen LogP contribution in [0.2, 0.25) is 0 Å². The Morgan fingerprint density at radius 3 is 2.57 bits per heavy atom. The molecule has 0 aliphatic heterocycles. The third-order valence-corrected chi connectivity index (χ3v) is 1.68. The summed E-state index contributed by atoms with van der Waals surface area (Å²) in [5.74, 6) is 0. The van der Waals surface area contributed by atoms with Crippen molar-refractivity contribution in [2.24, 2.45) is 0 Å². The van der Waals surface area contributed by atoms with Crippen molar-refractivity contribution in [2.45, 2.75) is 20.8 Å². The molecule has 2 nitrogen and oxygen atoms in total. The SMILES string of the molecule is CC.Cc1ncnc2c[c-]ccc12.[Rb+]. The molecular formula is C11H13N2Rb. The van der Waals surface area contributed by atoms with Crippen molar-refractivity contribution in [2.75, 3.05) is 0 Å². The Labute approximate surface area is 134 Å². The second kappa shape index (κ2) is 7.63. The van der Waals surface area contributed by atoms with Crippen LogP contribution < -0.4 is 58.2 Å². The Hall–Kier alpha value is 0.365. The summed E-state index contributed by atoms with van der Waals surface area (Å²) in [6.45, 7) is 5.98. The molecule has 0 atom stereocenters. The van der Waals surface area contributed by atoms with Gasteiger partial charge in [-0.2, -0.15) is 24.3 Å². The largest absolute Gasteiger partial charge is 1.00 e. The number of aromatic nitrogens is 2. The molecule has 2 aromatic rings. The molecule has 0 bridgehead atoms. The number of fused-ring (bicyclic) bond motifs is 1. The Balaban J connectivity index is 0.000000531. The molecule has 0 N–H and O–H groups in total. The Bertz CT molecular complexity index is 382. The smallest absolute Gasteiger partial charge is 0.302 e. The molecule has 14 heavy (non-hydrogen) atoms. The first-order valence-electron chi connectivity index (χ1n) is 4.45. The normalized spacial score (nSPS) is 8.50. The standard InChI is InChI=1S/C9H7N2.C2H6.Rb/c1-7-8-4-2-3-5-9(8)11-6-10-7;1-2;/h2,4-6H,1H3;1-2H3;/q-1;;+1. The van der Waals surface area contributed by atoms with Crippen LogP contribution in [0.4, 0.5) is 0 Å². The topological polar surface area (TPSA) is 25.8 Å². The molecule has 0 spiro atoms. The van der Waals surface area contributed by atoms with E-state index in [4.69, 9.17) is 0 Å². The van der Waals surface area contributed by atoms with Gasteiger partial charge in [-0.25, -0.2) is 4.98 Å². The Morgan fingerprint density at radius 2 is 1.93 bits per heavy atom. The Kier molecular flexibility index (Phi) is 7.83. The molecule has 0 fully saturated rings. The minimum Gasteiger partial charge on any atom is -0.302 e. The van der Waals surface area contributed by atoms with Gasteiger partial charge >= 0.3 is 58.2 Å². The molecule has 3 heteroatoms. The molecule has 1 aromatic heterocycles. The molecule has 0 aliphatic carbocycles. The van der Waals surface area contributed by atoms with Gasteiger partial charge in [0.25, 0.3) is 0 Å². The van der Waals surface area contributed by atoms with E-state index in [9.17, 15) is 0 Å². The summed E-state index contributed by atoms with van der Waals surface area (Å²) in [6, 6.07) is 8.69. The van der Waals surface area contributed by atoms with Crippen LogP contribution in [0.25, 0.3) is 10.9 Å². The zero-order valence-electron chi connectivity index (χ0n) is 9.20. The third kappa shape index (κ3) is 3.50. The molecule has 2 rings (SSSR count). The van der Waals surface area contributed by atoms with E-state index in [2.05, 4.69) is 16.0 Å². The van der Waals surface area contributed by atoms with Gasteiger partial charge in [-0.3, -0.25) is 0 Å². The van der Waals surface area contributed by atoms with E-state index in [-0.39, 0.29) is 58.2 Å². The Morgan fingerprint density at radius 1 is 1.21 bits per heavy atom. The predicted octanol–water partition coefficient (Wildman–Crippen LogP) is -0.231. The van der Waals surface area contributed by atoms with Crippen molar-refractivity contribution in [3.05, 3.63) is 36.3 Å². The average Bonchev–Trinajstić information content (AvgIpc) is 2.22. The van der Waals surface area contributed by atoms with Crippen LogP contribution in [0.5, 0.6) is 0 Å². The summed E-state index contributed by atoms with van der Waals surface area (Å²) in [7, 11) is 0. The number of rotatable bonds is 0. The van der Waals surface area contributed by atoms with Gasteiger partial charge in [0.2, 0.25) is 0 Å². The zero-order valence-corrected chi connectivity index (χ0v) is 14.1. The molecule has 0 amide bonds. The molecule has 0 radical (unpaired) electrons. The second-order valence-electron chi connectivity index (χ2n) is 2.40. The summed E-state index contributed by atoms with van der Waals surface area (Å²) in [6.07, 6.45) is 1.57. The average molecular weight is 259 g/mol. The predicted molar refractivity (Wildman–Crippen MR) is 54.5 cm³/mol. The van der Waals surface area contributed by atoms with Crippen LogP contribution in [0.15, 0.2) is 24.5 Å². The number of hydrogen-bond acceptors (Lipinski definition) is 2. The summed E-state index contributed by atoms with van der Waals surface area (Å²) in [5, 5.41) is 1.10. The maximum Gasteiger partial charge on any atom is 1.00 e. The van der Waals surface area contributed by atoms with E-state index in [1.165, 1.54) is 0 Å². The summed E-state index contributed by atoms with van der Waals surface area (Å²) >= 11 is 0. The van der Waals surface area contributed by atoms with E-state index in [0.717, 1.165) is 16.6 Å². The molecule has 1 aromatic carbocycles. The maximum absolute atomic E-state index is 4.10. The van der Waals surface area contributed by atoms with Gasteiger partial charge in [0.1, 0.15) is 6.33 Å². The second-order valence-corrected chi connectivity index (χ2v) is 2.40. The summed E-state index contributed by atoms with van der Waals surface area (Å²) < 4.78 is 0. The molecule has 0 unspecified atom stereocenters. The zero-order chi connectivity index (χ0) is 9.68. The number of hydrogen-bond donors (Lipinski definition) is 0. The van der Waals surface area contributed by atoms with Crippen molar-refractivity contribution in [3.63, 3.8) is 0 Å².